The van der Waals surface area contributed by atoms with Crippen LogP contribution >= 0.6 is 23.2 Å². The molecule has 19 heavy (non-hydrogen) atoms. The summed E-state index contributed by atoms with van der Waals surface area (Å²) in [5.41, 5.74) is 0.665. The summed E-state index contributed by atoms with van der Waals surface area (Å²) in [7, 11) is 0. The summed E-state index contributed by atoms with van der Waals surface area (Å²) >= 11 is 11.8. The Hall–Kier alpha value is -1.72. The van der Waals surface area contributed by atoms with Gasteiger partial charge in [0, 0.05) is 5.02 Å². The van der Waals surface area contributed by atoms with Crippen LogP contribution in [0, 0.1) is 0 Å². The van der Waals surface area contributed by atoms with Crippen LogP contribution in [0.3, 0.4) is 0 Å². The van der Waals surface area contributed by atoms with E-state index in [1.165, 1.54) is 6.26 Å². The molecule has 0 aliphatic rings. The molecule has 1 N–H and O–H groups in total. The number of esters is 1. The first kappa shape index (κ1) is 13.7. The van der Waals surface area contributed by atoms with Crippen LogP contribution in [0.5, 0.6) is 0 Å². The third kappa shape index (κ3) is 3.39. The van der Waals surface area contributed by atoms with Crippen LogP contribution in [0.4, 0.5) is 11.7 Å². The third-order valence-electron chi connectivity index (χ3n) is 2.16. The van der Waals surface area contributed by atoms with Gasteiger partial charge in [-0.15, -0.1) is 0 Å². The number of hydrogen-bond donors (Lipinski definition) is 1. The monoisotopic (exact) mass is 300 g/mol. The van der Waals surface area contributed by atoms with Gasteiger partial charge in [-0.3, -0.25) is 0 Å². The Morgan fingerprint density at radius 2 is 2.26 bits per heavy atom. The molecule has 0 spiro atoms. The zero-order valence-electron chi connectivity index (χ0n) is 9.94. The summed E-state index contributed by atoms with van der Waals surface area (Å²) in [6.07, 6.45) is 1.21. The molecule has 2 aromatic rings. The van der Waals surface area contributed by atoms with E-state index in [0.29, 0.717) is 15.7 Å². The molecule has 0 unspecified atom stereocenters. The van der Waals surface area contributed by atoms with Gasteiger partial charge in [-0.2, -0.15) is 4.98 Å². The van der Waals surface area contributed by atoms with Crippen molar-refractivity contribution < 1.29 is 13.9 Å². The first-order valence-electron chi connectivity index (χ1n) is 5.45. The molecule has 5 nitrogen and oxygen atoms in total. The third-order valence-corrected chi connectivity index (χ3v) is 2.71. The molecule has 0 saturated carbocycles. The number of ether oxygens (including phenoxy) is 1. The van der Waals surface area contributed by atoms with Gasteiger partial charge in [0.05, 0.1) is 17.3 Å². The summed E-state index contributed by atoms with van der Waals surface area (Å²) in [6, 6.07) is 5.08. The second-order valence-electron chi connectivity index (χ2n) is 3.51. The Bertz CT molecular complexity index is 598. The molecule has 0 atom stereocenters. The number of oxazole rings is 1. The molecule has 7 heteroatoms. The Morgan fingerprint density at radius 1 is 1.47 bits per heavy atom. The zero-order valence-corrected chi connectivity index (χ0v) is 11.5. The lowest BCUT2D eigenvalue weighted by atomic mass is 10.3. The van der Waals surface area contributed by atoms with Crippen LogP contribution in [0.2, 0.25) is 10.0 Å². The van der Waals surface area contributed by atoms with E-state index in [1.54, 1.807) is 25.1 Å². The maximum atomic E-state index is 11.4. The van der Waals surface area contributed by atoms with Crippen molar-refractivity contribution in [3.63, 3.8) is 0 Å². The smallest absolute Gasteiger partial charge is 0.360 e. The number of aromatic nitrogens is 1. The molecular formula is C12H10Cl2N2O3. The summed E-state index contributed by atoms with van der Waals surface area (Å²) < 4.78 is 9.90. The number of rotatable bonds is 4. The molecule has 0 aliphatic heterocycles. The molecule has 0 aliphatic carbocycles. The molecule has 0 bridgehead atoms. The van der Waals surface area contributed by atoms with Crippen molar-refractivity contribution in [2.75, 3.05) is 11.9 Å². The topological polar surface area (TPSA) is 64.4 Å². The second kappa shape index (κ2) is 5.95. The average Bonchev–Trinajstić information content (AvgIpc) is 2.82. The van der Waals surface area contributed by atoms with Crippen LogP contribution < -0.4 is 5.32 Å². The Balaban J connectivity index is 2.13. The molecule has 0 amide bonds. The number of benzene rings is 1. The first-order chi connectivity index (χ1) is 9.10. The number of nitrogens with zero attached hydrogens (tertiary/aromatic N) is 1. The lowest BCUT2D eigenvalue weighted by molar-refractivity contribution is 0.0519. The van der Waals surface area contributed by atoms with E-state index in [0.717, 1.165) is 0 Å². The van der Waals surface area contributed by atoms with Gasteiger partial charge in [-0.05, 0) is 25.1 Å². The Kier molecular flexibility index (Phi) is 4.29. The minimum atomic E-state index is -0.540. The Morgan fingerprint density at radius 3 is 2.95 bits per heavy atom. The number of halogens is 2. The van der Waals surface area contributed by atoms with Crippen molar-refractivity contribution in [3.05, 3.63) is 40.2 Å². The number of carbonyl (C=O) groups is 1. The molecule has 1 aromatic heterocycles. The second-order valence-corrected chi connectivity index (χ2v) is 4.35. The highest BCUT2D eigenvalue weighted by molar-refractivity contribution is 6.36. The zero-order chi connectivity index (χ0) is 13.8. The molecule has 0 radical (unpaired) electrons. The summed E-state index contributed by atoms with van der Waals surface area (Å²) in [6.45, 7) is 1.99. The lowest BCUT2D eigenvalue weighted by Gasteiger charge is -2.04. The van der Waals surface area contributed by atoms with Crippen molar-refractivity contribution >= 4 is 40.9 Å². The van der Waals surface area contributed by atoms with E-state index >= 15 is 0 Å². The van der Waals surface area contributed by atoms with Crippen LogP contribution in [-0.4, -0.2) is 17.6 Å². The van der Waals surface area contributed by atoms with E-state index in [2.05, 4.69) is 10.3 Å². The van der Waals surface area contributed by atoms with Crippen molar-refractivity contribution in [3.8, 4) is 0 Å². The summed E-state index contributed by atoms with van der Waals surface area (Å²) in [4.78, 5) is 15.3. The van der Waals surface area contributed by atoms with Crippen molar-refractivity contribution in [2.45, 2.75) is 6.92 Å². The van der Waals surface area contributed by atoms with Gasteiger partial charge in [0.15, 0.2) is 5.69 Å². The molecule has 1 heterocycles. The van der Waals surface area contributed by atoms with Gasteiger partial charge in [0.1, 0.15) is 6.26 Å². The highest BCUT2D eigenvalue weighted by Gasteiger charge is 2.13. The molecule has 0 saturated heterocycles. The van der Waals surface area contributed by atoms with E-state index < -0.39 is 5.97 Å². The van der Waals surface area contributed by atoms with Crippen LogP contribution in [0.1, 0.15) is 17.4 Å². The predicted octanol–water partition coefficient (Wildman–Crippen LogP) is 3.90. The molecular weight excluding hydrogens is 291 g/mol. The van der Waals surface area contributed by atoms with E-state index in [1.807, 2.05) is 0 Å². The molecule has 0 fully saturated rings. The quantitative estimate of drug-likeness (QED) is 0.868. The predicted molar refractivity (Wildman–Crippen MR) is 72.2 cm³/mol. The molecule has 2 rings (SSSR count). The summed E-state index contributed by atoms with van der Waals surface area (Å²) in [5, 5.41) is 3.78. The minimum Gasteiger partial charge on any atom is -0.461 e. The fourth-order valence-electron chi connectivity index (χ4n) is 1.34. The maximum Gasteiger partial charge on any atom is 0.360 e. The van der Waals surface area contributed by atoms with Gasteiger partial charge >= 0.3 is 5.97 Å². The SMILES string of the molecule is CCOC(=O)c1coc(Nc2ccc(Cl)cc2Cl)n1. The standard InChI is InChI=1S/C12H10Cl2N2O3/c1-2-18-11(17)10-6-19-12(16-10)15-9-4-3-7(13)5-8(9)14/h3-6H,2H2,1H3,(H,15,16). The fourth-order valence-corrected chi connectivity index (χ4v) is 1.79. The van der Waals surface area contributed by atoms with E-state index in [4.69, 9.17) is 32.4 Å². The first-order valence-corrected chi connectivity index (χ1v) is 6.20. The molecule has 100 valence electrons. The summed E-state index contributed by atoms with van der Waals surface area (Å²) in [5.74, 6) is -0.540. The minimum absolute atomic E-state index is 0.0921. The normalized spacial score (nSPS) is 10.3. The highest BCUT2D eigenvalue weighted by Crippen LogP contribution is 2.27. The van der Waals surface area contributed by atoms with Gasteiger partial charge in [-0.1, -0.05) is 23.2 Å². The average molecular weight is 301 g/mol. The van der Waals surface area contributed by atoms with Crippen LogP contribution in [-0.2, 0) is 4.74 Å². The van der Waals surface area contributed by atoms with E-state index in [9.17, 15) is 4.79 Å². The van der Waals surface area contributed by atoms with Crippen molar-refractivity contribution in [1.29, 1.82) is 0 Å². The van der Waals surface area contributed by atoms with Gasteiger partial charge < -0.3 is 14.5 Å². The maximum absolute atomic E-state index is 11.4. The number of hydrogen-bond acceptors (Lipinski definition) is 5. The molecule has 1 aromatic carbocycles. The Labute approximate surface area is 119 Å². The van der Waals surface area contributed by atoms with Gasteiger partial charge in [0.25, 0.3) is 6.01 Å². The van der Waals surface area contributed by atoms with Gasteiger partial charge in [-0.25, -0.2) is 4.79 Å². The number of anilines is 2. The largest absolute Gasteiger partial charge is 0.461 e. The van der Waals surface area contributed by atoms with Crippen LogP contribution in [0.25, 0.3) is 0 Å². The van der Waals surface area contributed by atoms with Gasteiger partial charge in [0.2, 0.25) is 0 Å². The number of carbonyl (C=O) groups excluding carboxylic acids is 1. The van der Waals surface area contributed by atoms with Crippen LogP contribution in [0.15, 0.2) is 28.9 Å². The van der Waals surface area contributed by atoms with E-state index in [-0.39, 0.29) is 18.3 Å². The van der Waals surface area contributed by atoms with Crippen molar-refractivity contribution in [2.24, 2.45) is 0 Å². The lowest BCUT2D eigenvalue weighted by Crippen LogP contribution is -2.05. The van der Waals surface area contributed by atoms with Crippen molar-refractivity contribution in [1.82, 2.24) is 4.98 Å². The highest BCUT2D eigenvalue weighted by atomic mass is 35.5. The fraction of sp³-hybridized carbons (Fsp3) is 0.167. The number of nitrogens with one attached hydrogen (secondary N) is 1.